The molecule has 134 valence electrons. The molecule has 0 aliphatic carbocycles. The molecule has 1 aromatic rings. The summed E-state index contributed by atoms with van der Waals surface area (Å²) in [5.74, 6) is 0. The van der Waals surface area contributed by atoms with Gasteiger partial charge in [-0.15, -0.1) is 0 Å². The summed E-state index contributed by atoms with van der Waals surface area (Å²) in [6.07, 6.45) is -9.93. The van der Waals surface area contributed by atoms with Crippen molar-refractivity contribution in [3.05, 3.63) is 23.8 Å². The van der Waals surface area contributed by atoms with Crippen molar-refractivity contribution >= 4 is 18.3 Å². The van der Waals surface area contributed by atoms with Crippen molar-refractivity contribution in [1.82, 2.24) is 0 Å². The van der Waals surface area contributed by atoms with E-state index in [1.54, 1.807) is 27.7 Å². The Labute approximate surface area is 135 Å². The van der Waals surface area contributed by atoms with Crippen LogP contribution in [0.1, 0.15) is 33.3 Å². The lowest BCUT2D eigenvalue weighted by atomic mass is 9.78. The molecule has 24 heavy (non-hydrogen) atoms. The summed E-state index contributed by atoms with van der Waals surface area (Å²) in [4.78, 5) is 0. The lowest BCUT2D eigenvalue weighted by Gasteiger charge is -2.32. The zero-order chi connectivity index (χ0) is 18.6. The molecule has 1 fully saturated rings. The summed E-state index contributed by atoms with van der Waals surface area (Å²) in [6.45, 7) is 6.91. The van der Waals surface area contributed by atoms with E-state index in [-0.39, 0.29) is 5.46 Å². The van der Waals surface area contributed by atoms with Gasteiger partial charge >= 0.3 is 19.6 Å². The van der Waals surface area contributed by atoms with Crippen LogP contribution < -0.4 is 10.8 Å². The summed E-state index contributed by atoms with van der Waals surface area (Å²) in [6, 6.07) is 2.37. The molecule has 0 unspecified atom stereocenters. The quantitative estimate of drug-likeness (QED) is 0.495. The monoisotopic (exact) mass is 355 g/mol. The maximum Gasteiger partial charge on any atom is 0.494 e. The molecule has 0 atom stereocenters. The minimum Gasteiger partial charge on any atom is -0.399 e. The first kappa shape index (κ1) is 18.9. The van der Waals surface area contributed by atoms with Crippen LogP contribution in [0.2, 0.25) is 0 Å². The molecule has 3 nitrogen and oxygen atoms in total. The van der Waals surface area contributed by atoms with E-state index in [0.717, 1.165) is 17.4 Å². The van der Waals surface area contributed by atoms with Gasteiger partial charge in [-0.25, -0.2) is 0 Å². The molecule has 2 rings (SSSR count). The van der Waals surface area contributed by atoms with Crippen molar-refractivity contribution in [2.75, 3.05) is 5.32 Å². The molecule has 1 heterocycles. The molecule has 0 saturated carbocycles. The molecule has 0 spiro atoms. The first-order chi connectivity index (χ1) is 10.6. The van der Waals surface area contributed by atoms with Crippen molar-refractivity contribution in [1.29, 1.82) is 0 Å². The average molecular weight is 355 g/mol. The number of rotatable bonds is 2. The second-order valence-electron chi connectivity index (χ2n) is 6.51. The topological polar surface area (TPSA) is 30.5 Å². The Balaban J connectivity index is 2.42. The normalized spacial score (nSPS) is 20.3. The van der Waals surface area contributed by atoms with Crippen LogP contribution in [0.4, 0.5) is 32.0 Å². The van der Waals surface area contributed by atoms with Gasteiger partial charge in [0, 0.05) is 0 Å². The molecule has 1 saturated heterocycles. The number of halogens is 6. The maximum absolute atomic E-state index is 12.9. The van der Waals surface area contributed by atoms with E-state index in [0.29, 0.717) is 6.07 Å². The number of anilines is 1. The Bertz CT molecular complexity index is 611. The molecular weight excluding hydrogens is 339 g/mol. The SMILES string of the molecule is CC1(C)OB(c2ccc(C(F)(F)F)c(NC(F)(F)F)c2)OC1(C)C. The van der Waals surface area contributed by atoms with Gasteiger partial charge in [0.25, 0.3) is 0 Å². The fraction of sp³-hybridized carbons (Fsp3) is 0.571. The van der Waals surface area contributed by atoms with E-state index in [9.17, 15) is 26.3 Å². The van der Waals surface area contributed by atoms with Crippen molar-refractivity contribution in [3.8, 4) is 0 Å². The summed E-state index contributed by atoms with van der Waals surface area (Å²) in [5.41, 5.74) is -3.98. The van der Waals surface area contributed by atoms with Crippen molar-refractivity contribution in [3.63, 3.8) is 0 Å². The van der Waals surface area contributed by atoms with Crippen LogP contribution in [0.5, 0.6) is 0 Å². The molecule has 1 N–H and O–H groups in total. The van der Waals surface area contributed by atoms with Crippen LogP contribution in [0, 0.1) is 0 Å². The van der Waals surface area contributed by atoms with Crippen LogP contribution in [0.15, 0.2) is 18.2 Å². The van der Waals surface area contributed by atoms with E-state index in [2.05, 4.69) is 0 Å². The van der Waals surface area contributed by atoms with Crippen LogP contribution in [0.3, 0.4) is 0 Å². The number of nitrogens with one attached hydrogen (secondary N) is 1. The van der Waals surface area contributed by atoms with Gasteiger partial charge in [0.1, 0.15) is 0 Å². The standard InChI is InChI=1S/C14H16BF6NO2/c1-11(2)12(3,4)24-15(23-11)8-5-6-9(13(16,17)18)10(7-8)22-14(19,20)21/h5-7,22H,1-4H3. The highest BCUT2D eigenvalue weighted by atomic mass is 19.4. The highest BCUT2D eigenvalue weighted by Crippen LogP contribution is 2.39. The van der Waals surface area contributed by atoms with Crippen molar-refractivity contribution < 1.29 is 35.7 Å². The minimum absolute atomic E-state index is 0.0633. The van der Waals surface area contributed by atoms with Gasteiger partial charge in [-0.3, -0.25) is 5.32 Å². The first-order valence-electron chi connectivity index (χ1n) is 7.04. The second kappa shape index (κ2) is 5.55. The predicted octanol–water partition coefficient (Wildman–Crippen LogP) is 3.94. The largest absolute Gasteiger partial charge is 0.494 e. The number of alkyl halides is 6. The fourth-order valence-corrected chi connectivity index (χ4v) is 2.19. The molecule has 0 radical (unpaired) electrons. The van der Waals surface area contributed by atoms with E-state index in [1.165, 1.54) is 0 Å². The van der Waals surface area contributed by atoms with Crippen molar-refractivity contribution in [2.45, 2.75) is 51.4 Å². The molecule has 10 heteroatoms. The third kappa shape index (κ3) is 3.80. The molecular formula is C14H16BF6NO2. The Morgan fingerprint density at radius 1 is 0.917 bits per heavy atom. The number of hydrogen-bond acceptors (Lipinski definition) is 3. The molecule has 0 aromatic heterocycles. The first-order valence-corrected chi connectivity index (χ1v) is 7.04. The summed E-state index contributed by atoms with van der Waals surface area (Å²) in [7, 11) is -1.06. The summed E-state index contributed by atoms with van der Waals surface area (Å²) < 4.78 is 87.6. The molecule has 0 bridgehead atoms. The Kier molecular flexibility index (Phi) is 4.38. The summed E-state index contributed by atoms with van der Waals surface area (Å²) in [5, 5.41) is 0.930. The predicted molar refractivity (Wildman–Crippen MR) is 76.8 cm³/mol. The smallest absolute Gasteiger partial charge is 0.399 e. The van der Waals surface area contributed by atoms with E-state index < -0.39 is 42.0 Å². The van der Waals surface area contributed by atoms with Gasteiger partial charge in [0.05, 0.1) is 22.5 Å². The fourth-order valence-electron chi connectivity index (χ4n) is 2.19. The lowest BCUT2D eigenvalue weighted by Crippen LogP contribution is -2.41. The molecule has 0 amide bonds. The maximum atomic E-state index is 12.9. The second-order valence-corrected chi connectivity index (χ2v) is 6.51. The van der Waals surface area contributed by atoms with E-state index >= 15 is 0 Å². The zero-order valence-electron chi connectivity index (χ0n) is 13.4. The zero-order valence-corrected chi connectivity index (χ0v) is 13.4. The van der Waals surface area contributed by atoms with Gasteiger partial charge in [0.2, 0.25) is 0 Å². The van der Waals surface area contributed by atoms with Crippen LogP contribution in [-0.4, -0.2) is 24.6 Å². The van der Waals surface area contributed by atoms with Crippen LogP contribution in [0.25, 0.3) is 0 Å². The third-order valence-corrected chi connectivity index (χ3v) is 4.15. The Hall–Kier alpha value is -1.42. The number of hydrogen-bond donors (Lipinski definition) is 1. The van der Waals surface area contributed by atoms with Gasteiger partial charge in [-0.2, -0.15) is 26.3 Å². The van der Waals surface area contributed by atoms with Gasteiger partial charge in [-0.1, -0.05) is 6.07 Å². The van der Waals surface area contributed by atoms with Crippen LogP contribution >= 0.6 is 0 Å². The summed E-state index contributed by atoms with van der Waals surface area (Å²) >= 11 is 0. The van der Waals surface area contributed by atoms with Gasteiger partial charge in [0.15, 0.2) is 0 Å². The number of benzene rings is 1. The van der Waals surface area contributed by atoms with Crippen LogP contribution in [-0.2, 0) is 15.5 Å². The van der Waals surface area contributed by atoms with Gasteiger partial charge < -0.3 is 9.31 Å². The van der Waals surface area contributed by atoms with E-state index in [1.807, 2.05) is 0 Å². The Morgan fingerprint density at radius 2 is 1.42 bits per heavy atom. The van der Waals surface area contributed by atoms with Crippen molar-refractivity contribution in [2.24, 2.45) is 0 Å². The lowest BCUT2D eigenvalue weighted by molar-refractivity contribution is -0.137. The Morgan fingerprint density at radius 3 is 1.83 bits per heavy atom. The third-order valence-electron chi connectivity index (χ3n) is 4.15. The highest BCUT2D eigenvalue weighted by Gasteiger charge is 2.52. The molecule has 1 aliphatic heterocycles. The average Bonchev–Trinajstić information content (AvgIpc) is 2.54. The van der Waals surface area contributed by atoms with Gasteiger partial charge in [-0.05, 0) is 45.3 Å². The highest BCUT2D eigenvalue weighted by molar-refractivity contribution is 6.62. The molecule has 1 aromatic carbocycles. The van der Waals surface area contributed by atoms with E-state index in [4.69, 9.17) is 9.31 Å². The minimum atomic E-state index is -5.01. The molecule has 1 aliphatic rings.